The highest BCUT2D eigenvalue weighted by molar-refractivity contribution is 4.85. The lowest BCUT2D eigenvalue weighted by Gasteiger charge is -2.40. The molecule has 0 aromatic rings. The van der Waals surface area contributed by atoms with Gasteiger partial charge in [-0.2, -0.15) is 0 Å². The van der Waals surface area contributed by atoms with Gasteiger partial charge in [-0.15, -0.1) is 0 Å². The molecule has 0 unspecified atom stereocenters. The lowest BCUT2D eigenvalue weighted by atomic mass is 9.71. The molecule has 2 aliphatic carbocycles. The van der Waals surface area contributed by atoms with Crippen molar-refractivity contribution < 1.29 is 20.4 Å². The molecule has 0 atom stereocenters. The molecule has 4 N–H and O–H groups in total. The highest BCUT2D eigenvalue weighted by atomic mass is 16.5. The van der Waals surface area contributed by atoms with Crippen molar-refractivity contribution in [2.24, 2.45) is 11.8 Å². The van der Waals surface area contributed by atoms with Gasteiger partial charge in [-0.3, -0.25) is 0 Å². The van der Waals surface area contributed by atoms with Crippen LogP contribution in [0.3, 0.4) is 0 Å². The van der Waals surface area contributed by atoms with Gasteiger partial charge in [0.15, 0.2) is 11.6 Å². The Morgan fingerprint density at radius 1 is 0.562 bits per heavy atom. The van der Waals surface area contributed by atoms with Gasteiger partial charge < -0.3 is 20.4 Å². The molecular weight excluding hydrogens is 208 g/mol. The average Bonchev–Trinajstić information content (AvgIpc) is 2.19. The van der Waals surface area contributed by atoms with Crippen LogP contribution in [0.5, 0.6) is 0 Å². The molecule has 2 fully saturated rings. The van der Waals surface area contributed by atoms with E-state index in [0.29, 0.717) is 37.5 Å². The summed E-state index contributed by atoms with van der Waals surface area (Å²) in [6, 6.07) is 0. The van der Waals surface area contributed by atoms with Gasteiger partial charge >= 0.3 is 0 Å². The summed E-state index contributed by atoms with van der Waals surface area (Å²) in [4.78, 5) is 0. The smallest absolute Gasteiger partial charge is 0.162 e. The van der Waals surface area contributed by atoms with Gasteiger partial charge in [0.25, 0.3) is 0 Å². The fraction of sp³-hybridized carbons (Fsp3) is 1.00. The van der Waals surface area contributed by atoms with E-state index in [0.717, 1.165) is 25.7 Å². The van der Waals surface area contributed by atoms with Gasteiger partial charge in [-0.25, -0.2) is 0 Å². The Labute approximate surface area is 95.9 Å². The zero-order chi connectivity index (χ0) is 11.8. The predicted octanol–water partition coefficient (Wildman–Crippen LogP) is 0.729. The Bertz CT molecular complexity index is 203. The molecule has 2 aliphatic rings. The minimum absolute atomic E-state index is 0.456. The molecule has 4 heteroatoms. The molecule has 4 nitrogen and oxygen atoms in total. The lowest BCUT2D eigenvalue weighted by molar-refractivity contribution is -0.202. The Balaban J connectivity index is 1.82. The number of hydrogen-bond acceptors (Lipinski definition) is 4. The number of rotatable bonds is 1. The highest BCUT2D eigenvalue weighted by Crippen LogP contribution is 2.42. The van der Waals surface area contributed by atoms with Crippen LogP contribution < -0.4 is 0 Å². The van der Waals surface area contributed by atoms with Gasteiger partial charge in [0.05, 0.1) is 0 Å². The van der Waals surface area contributed by atoms with Gasteiger partial charge in [0.2, 0.25) is 0 Å². The second-order valence-electron chi connectivity index (χ2n) is 5.64. The van der Waals surface area contributed by atoms with E-state index in [1.54, 1.807) is 0 Å². The van der Waals surface area contributed by atoms with Gasteiger partial charge in [-0.1, -0.05) is 0 Å². The van der Waals surface area contributed by atoms with E-state index in [1.807, 2.05) is 0 Å². The van der Waals surface area contributed by atoms with Crippen molar-refractivity contribution in [3.05, 3.63) is 0 Å². The van der Waals surface area contributed by atoms with E-state index in [4.69, 9.17) is 0 Å². The third kappa shape index (κ3) is 2.94. The van der Waals surface area contributed by atoms with Crippen molar-refractivity contribution >= 4 is 0 Å². The molecule has 0 aromatic carbocycles. The molecule has 0 aromatic heterocycles. The maximum atomic E-state index is 9.45. The Hall–Kier alpha value is -0.160. The van der Waals surface area contributed by atoms with Crippen molar-refractivity contribution in [1.29, 1.82) is 0 Å². The molecule has 2 saturated carbocycles. The first kappa shape index (κ1) is 12.3. The van der Waals surface area contributed by atoms with E-state index in [-0.39, 0.29) is 0 Å². The number of hydrogen-bond donors (Lipinski definition) is 4. The predicted molar refractivity (Wildman–Crippen MR) is 58.3 cm³/mol. The van der Waals surface area contributed by atoms with Crippen LogP contribution in [-0.2, 0) is 0 Å². The van der Waals surface area contributed by atoms with Crippen molar-refractivity contribution in [1.82, 2.24) is 0 Å². The molecular formula is C12H22O4. The Morgan fingerprint density at radius 3 is 1.06 bits per heavy atom. The molecule has 0 aliphatic heterocycles. The molecule has 0 bridgehead atoms. The van der Waals surface area contributed by atoms with E-state index in [1.165, 1.54) is 0 Å². The molecule has 0 amide bonds. The monoisotopic (exact) mass is 230 g/mol. The first-order valence-electron chi connectivity index (χ1n) is 6.27. The minimum atomic E-state index is -1.46. The fourth-order valence-corrected chi connectivity index (χ4v) is 3.15. The SMILES string of the molecule is OC1(O)CCC(C2CCC(O)(O)CC2)CC1. The first-order valence-corrected chi connectivity index (χ1v) is 6.27. The van der Waals surface area contributed by atoms with Crippen LogP contribution >= 0.6 is 0 Å². The van der Waals surface area contributed by atoms with E-state index >= 15 is 0 Å². The molecule has 94 valence electrons. The normalized spacial score (nSPS) is 31.5. The summed E-state index contributed by atoms with van der Waals surface area (Å²) in [5.41, 5.74) is 0. The zero-order valence-corrected chi connectivity index (χ0v) is 9.60. The maximum Gasteiger partial charge on any atom is 0.162 e. The van der Waals surface area contributed by atoms with Gasteiger partial charge in [-0.05, 0) is 37.5 Å². The molecule has 0 saturated heterocycles. The second-order valence-corrected chi connectivity index (χ2v) is 5.64. The van der Waals surface area contributed by atoms with Crippen LogP contribution in [0.15, 0.2) is 0 Å². The summed E-state index contributed by atoms with van der Waals surface area (Å²) < 4.78 is 0. The summed E-state index contributed by atoms with van der Waals surface area (Å²) in [5.74, 6) is -1.85. The molecule has 0 spiro atoms. The summed E-state index contributed by atoms with van der Waals surface area (Å²) in [7, 11) is 0. The van der Waals surface area contributed by atoms with Crippen molar-refractivity contribution in [3.63, 3.8) is 0 Å². The van der Waals surface area contributed by atoms with E-state index in [2.05, 4.69) is 0 Å². The van der Waals surface area contributed by atoms with Crippen LogP contribution in [0.1, 0.15) is 51.4 Å². The van der Waals surface area contributed by atoms with Gasteiger partial charge in [0.1, 0.15) is 0 Å². The largest absolute Gasteiger partial charge is 0.366 e. The zero-order valence-electron chi connectivity index (χ0n) is 9.60. The third-order valence-electron chi connectivity index (χ3n) is 4.33. The minimum Gasteiger partial charge on any atom is -0.366 e. The molecule has 0 radical (unpaired) electrons. The van der Waals surface area contributed by atoms with Crippen LogP contribution in [0, 0.1) is 11.8 Å². The first-order chi connectivity index (χ1) is 7.38. The molecule has 16 heavy (non-hydrogen) atoms. The van der Waals surface area contributed by atoms with Crippen LogP contribution in [0.4, 0.5) is 0 Å². The van der Waals surface area contributed by atoms with E-state index < -0.39 is 11.6 Å². The summed E-state index contributed by atoms with van der Waals surface area (Å²) in [6.45, 7) is 0. The van der Waals surface area contributed by atoms with Crippen LogP contribution in [-0.4, -0.2) is 32.0 Å². The summed E-state index contributed by atoms with van der Waals surface area (Å²) in [5, 5.41) is 37.8. The van der Waals surface area contributed by atoms with Crippen molar-refractivity contribution in [2.45, 2.75) is 62.9 Å². The number of aliphatic hydroxyl groups is 4. The van der Waals surface area contributed by atoms with E-state index in [9.17, 15) is 20.4 Å². The fourth-order valence-electron chi connectivity index (χ4n) is 3.15. The topological polar surface area (TPSA) is 80.9 Å². The summed E-state index contributed by atoms with van der Waals surface area (Å²) >= 11 is 0. The van der Waals surface area contributed by atoms with Gasteiger partial charge in [0, 0.05) is 25.7 Å². The molecule has 2 rings (SSSR count). The quantitative estimate of drug-likeness (QED) is 0.501. The maximum absolute atomic E-state index is 9.45. The Morgan fingerprint density at radius 2 is 0.812 bits per heavy atom. The molecule has 0 heterocycles. The van der Waals surface area contributed by atoms with Crippen molar-refractivity contribution in [3.8, 4) is 0 Å². The Kier molecular flexibility index (Phi) is 3.27. The standard InChI is InChI=1S/C12H22O4/c13-11(14)5-1-9(2-6-11)10-3-7-12(15,16)8-4-10/h9-10,13-16H,1-8H2. The lowest BCUT2D eigenvalue weighted by Crippen LogP contribution is -2.39. The van der Waals surface area contributed by atoms with Crippen molar-refractivity contribution in [2.75, 3.05) is 0 Å². The second kappa shape index (κ2) is 4.26. The summed E-state index contributed by atoms with van der Waals surface area (Å²) in [6.07, 6.45) is 5.22. The highest BCUT2D eigenvalue weighted by Gasteiger charge is 2.38. The third-order valence-corrected chi connectivity index (χ3v) is 4.33. The van der Waals surface area contributed by atoms with Crippen LogP contribution in [0.25, 0.3) is 0 Å². The average molecular weight is 230 g/mol. The van der Waals surface area contributed by atoms with Crippen LogP contribution in [0.2, 0.25) is 0 Å².